The Morgan fingerprint density at radius 2 is 2.06 bits per heavy atom. The predicted molar refractivity (Wildman–Crippen MR) is 68.2 cm³/mol. The number of nitrogens with one attached hydrogen (secondary N) is 3. The van der Waals surface area contributed by atoms with Crippen molar-refractivity contribution in [3.05, 3.63) is 0 Å². The second-order valence-electron chi connectivity index (χ2n) is 4.78. The zero-order valence-electron chi connectivity index (χ0n) is 9.99. The average molecular weight is 271 g/mol. The Morgan fingerprint density at radius 3 is 2.56 bits per heavy atom. The summed E-state index contributed by atoms with van der Waals surface area (Å²) in [6.07, 6.45) is 2.27. The van der Waals surface area contributed by atoms with Gasteiger partial charge in [-0.05, 0) is 25.7 Å². The van der Waals surface area contributed by atoms with E-state index in [0.717, 1.165) is 0 Å². The molecule has 0 unspecified atom stereocenters. The van der Waals surface area contributed by atoms with Gasteiger partial charge in [-0.25, -0.2) is 4.79 Å². The first-order chi connectivity index (χ1) is 8.57. The van der Waals surface area contributed by atoms with Crippen molar-refractivity contribution in [2.24, 2.45) is 5.92 Å². The van der Waals surface area contributed by atoms with Crippen molar-refractivity contribution < 1.29 is 14.4 Å². The van der Waals surface area contributed by atoms with Crippen LogP contribution in [0, 0.1) is 5.92 Å². The van der Waals surface area contributed by atoms with Gasteiger partial charge < -0.3 is 10.6 Å². The smallest absolute Gasteiger partial charge is 0.322 e. The molecule has 1 spiro atoms. The standard InChI is InChI=1S/C11H17N3O3S/c15-8(12-5-6-18)7-1-3-11(4-2-7)9(16)13-10(17)14-11/h7,18H,1-6H2,(H,12,15)(H2,13,14,16,17). The van der Waals surface area contributed by atoms with E-state index in [4.69, 9.17) is 0 Å². The van der Waals surface area contributed by atoms with E-state index in [1.165, 1.54) is 0 Å². The Labute approximate surface area is 111 Å². The van der Waals surface area contributed by atoms with Crippen molar-refractivity contribution in [3.63, 3.8) is 0 Å². The number of rotatable bonds is 3. The summed E-state index contributed by atoms with van der Waals surface area (Å²) in [4.78, 5) is 34.6. The van der Waals surface area contributed by atoms with Crippen LogP contribution < -0.4 is 16.0 Å². The number of hydrogen-bond donors (Lipinski definition) is 4. The Balaban J connectivity index is 1.90. The minimum atomic E-state index is -0.780. The highest BCUT2D eigenvalue weighted by Crippen LogP contribution is 2.34. The molecule has 0 radical (unpaired) electrons. The number of urea groups is 1. The van der Waals surface area contributed by atoms with Crippen molar-refractivity contribution in [1.82, 2.24) is 16.0 Å². The molecule has 1 aliphatic carbocycles. The third-order valence-corrected chi connectivity index (χ3v) is 3.86. The van der Waals surface area contributed by atoms with Crippen molar-refractivity contribution in [2.75, 3.05) is 12.3 Å². The molecule has 4 amide bonds. The molecule has 0 aromatic rings. The molecule has 1 heterocycles. The van der Waals surface area contributed by atoms with Crippen LogP contribution in [0.3, 0.4) is 0 Å². The van der Waals surface area contributed by atoms with Gasteiger partial charge in [-0.3, -0.25) is 14.9 Å². The van der Waals surface area contributed by atoms with Crippen LogP contribution in [0.15, 0.2) is 0 Å². The van der Waals surface area contributed by atoms with Crippen LogP contribution in [0.5, 0.6) is 0 Å². The molecule has 0 aromatic carbocycles. The molecule has 0 aromatic heterocycles. The highest BCUT2D eigenvalue weighted by Gasteiger charge is 2.48. The molecule has 3 N–H and O–H groups in total. The van der Waals surface area contributed by atoms with Gasteiger partial charge in [-0.15, -0.1) is 0 Å². The lowest BCUT2D eigenvalue weighted by molar-refractivity contribution is -0.130. The summed E-state index contributed by atoms with van der Waals surface area (Å²) in [5.41, 5.74) is -0.780. The number of carbonyl (C=O) groups excluding carboxylic acids is 3. The van der Waals surface area contributed by atoms with Gasteiger partial charge in [0.2, 0.25) is 5.91 Å². The van der Waals surface area contributed by atoms with Crippen LogP contribution in [-0.2, 0) is 9.59 Å². The van der Waals surface area contributed by atoms with E-state index in [0.29, 0.717) is 38.0 Å². The highest BCUT2D eigenvalue weighted by atomic mass is 32.1. The zero-order valence-corrected chi connectivity index (χ0v) is 10.9. The van der Waals surface area contributed by atoms with Crippen LogP contribution in [0.2, 0.25) is 0 Å². The molecule has 0 atom stereocenters. The molecule has 2 rings (SSSR count). The lowest BCUT2D eigenvalue weighted by Gasteiger charge is -2.33. The van der Waals surface area contributed by atoms with Gasteiger partial charge in [0.05, 0.1) is 0 Å². The zero-order chi connectivity index (χ0) is 13.2. The van der Waals surface area contributed by atoms with Gasteiger partial charge in [0, 0.05) is 18.2 Å². The molecule has 2 fully saturated rings. The number of thiol groups is 1. The van der Waals surface area contributed by atoms with Crippen LogP contribution in [0.1, 0.15) is 25.7 Å². The van der Waals surface area contributed by atoms with Gasteiger partial charge in [-0.1, -0.05) is 0 Å². The van der Waals surface area contributed by atoms with Gasteiger partial charge in [0.15, 0.2) is 0 Å². The topological polar surface area (TPSA) is 87.3 Å². The number of amides is 4. The minimum absolute atomic E-state index is 0.0173. The lowest BCUT2D eigenvalue weighted by atomic mass is 9.76. The van der Waals surface area contributed by atoms with Gasteiger partial charge in [0.1, 0.15) is 5.54 Å². The van der Waals surface area contributed by atoms with Crippen LogP contribution in [0.4, 0.5) is 4.79 Å². The Hall–Kier alpha value is -1.24. The molecular weight excluding hydrogens is 254 g/mol. The lowest BCUT2D eigenvalue weighted by Crippen LogP contribution is -2.50. The maximum atomic E-state index is 11.8. The summed E-state index contributed by atoms with van der Waals surface area (Å²) >= 11 is 4.03. The van der Waals surface area contributed by atoms with Gasteiger partial charge in [-0.2, -0.15) is 12.6 Å². The van der Waals surface area contributed by atoms with Crippen molar-refractivity contribution >= 4 is 30.5 Å². The first-order valence-corrected chi connectivity index (χ1v) is 6.73. The first kappa shape index (κ1) is 13.2. The number of imide groups is 1. The summed E-state index contributed by atoms with van der Waals surface area (Å²) in [7, 11) is 0. The third-order valence-electron chi connectivity index (χ3n) is 3.64. The molecule has 7 heteroatoms. The molecule has 0 bridgehead atoms. The van der Waals surface area contributed by atoms with E-state index >= 15 is 0 Å². The fourth-order valence-electron chi connectivity index (χ4n) is 2.58. The first-order valence-electron chi connectivity index (χ1n) is 6.09. The SMILES string of the molecule is O=C1NC(=O)C2(CCC(C(=O)NCCS)CC2)N1. The van der Waals surface area contributed by atoms with Crippen molar-refractivity contribution in [1.29, 1.82) is 0 Å². The van der Waals surface area contributed by atoms with Gasteiger partial charge >= 0.3 is 6.03 Å². The maximum Gasteiger partial charge on any atom is 0.322 e. The summed E-state index contributed by atoms with van der Waals surface area (Å²) in [5.74, 6) is 0.298. The minimum Gasteiger partial charge on any atom is -0.355 e. The van der Waals surface area contributed by atoms with E-state index in [1.807, 2.05) is 0 Å². The summed E-state index contributed by atoms with van der Waals surface area (Å²) in [6.45, 7) is 0.556. The Kier molecular flexibility index (Phi) is 3.79. The largest absolute Gasteiger partial charge is 0.355 e. The quantitative estimate of drug-likeness (QED) is 0.423. The van der Waals surface area contributed by atoms with Crippen molar-refractivity contribution in [2.45, 2.75) is 31.2 Å². The van der Waals surface area contributed by atoms with Crippen LogP contribution in [-0.4, -0.2) is 35.7 Å². The van der Waals surface area contributed by atoms with Crippen LogP contribution >= 0.6 is 12.6 Å². The Bertz CT molecular complexity index is 378. The van der Waals surface area contributed by atoms with Crippen LogP contribution in [0.25, 0.3) is 0 Å². The van der Waals surface area contributed by atoms with E-state index in [9.17, 15) is 14.4 Å². The summed E-state index contributed by atoms with van der Waals surface area (Å²) in [6, 6.07) is -0.432. The molecule has 1 saturated heterocycles. The average Bonchev–Trinajstić information content (AvgIpc) is 2.62. The molecule has 18 heavy (non-hydrogen) atoms. The summed E-state index contributed by atoms with van der Waals surface area (Å²) in [5, 5.41) is 7.73. The molecule has 100 valence electrons. The predicted octanol–water partition coefficient (Wildman–Crippen LogP) is -0.199. The maximum absolute atomic E-state index is 11.8. The fraction of sp³-hybridized carbons (Fsp3) is 0.727. The van der Waals surface area contributed by atoms with E-state index in [2.05, 4.69) is 28.6 Å². The van der Waals surface area contributed by atoms with E-state index < -0.39 is 11.6 Å². The Morgan fingerprint density at radius 1 is 1.39 bits per heavy atom. The molecule has 2 aliphatic rings. The molecular formula is C11H17N3O3S. The van der Waals surface area contributed by atoms with Crippen molar-refractivity contribution in [3.8, 4) is 0 Å². The van der Waals surface area contributed by atoms with Gasteiger partial charge in [0.25, 0.3) is 5.91 Å². The number of carbonyl (C=O) groups is 3. The fourth-order valence-corrected chi connectivity index (χ4v) is 2.69. The highest BCUT2D eigenvalue weighted by molar-refractivity contribution is 7.80. The molecule has 1 saturated carbocycles. The van der Waals surface area contributed by atoms with E-state index in [1.54, 1.807) is 0 Å². The van der Waals surface area contributed by atoms with E-state index in [-0.39, 0.29) is 17.7 Å². The third kappa shape index (κ3) is 2.45. The summed E-state index contributed by atoms with van der Waals surface area (Å²) < 4.78 is 0. The number of hydrogen-bond acceptors (Lipinski definition) is 4. The second-order valence-corrected chi connectivity index (χ2v) is 5.23. The normalized spacial score (nSPS) is 31.1. The monoisotopic (exact) mass is 271 g/mol. The molecule has 6 nitrogen and oxygen atoms in total. The molecule has 1 aliphatic heterocycles. The second kappa shape index (κ2) is 5.17.